The van der Waals surface area contributed by atoms with Gasteiger partial charge < -0.3 is 9.84 Å². The first-order chi connectivity index (χ1) is 10.1. The van der Waals surface area contributed by atoms with Crippen LogP contribution < -0.4 is 0 Å². The van der Waals surface area contributed by atoms with Crippen LogP contribution in [0, 0.1) is 5.92 Å². The monoisotopic (exact) mass is 283 g/mol. The first kappa shape index (κ1) is 14.1. The number of fused-ring (bicyclic) bond motifs is 1. The fourth-order valence-electron chi connectivity index (χ4n) is 2.82. The molecule has 2 aromatic rings. The molecule has 110 valence electrons. The van der Waals surface area contributed by atoms with Crippen molar-refractivity contribution in [3.8, 4) is 5.75 Å². The highest BCUT2D eigenvalue weighted by atomic mass is 16.5. The fraction of sp³-hybridized carbons (Fsp3) is 0.389. The zero-order valence-electron chi connectivity index (χ0n) is 12.6. The number of aromatic nitrogens is 1. The van der Waals surface area contributed by atoms with Crippen molar-refractivity contribution in [3.05, 3.63) is 58.4 Å². The van der Waals surface area contributed by atoms with E-state index in [-0.39, 0.29) is 0 Å². The maximum atomic E-state index is 10.4. The Morgan fingerprint density at radius 3 is 2.52 bits per heavy atom. The van der Waals surface area contributed by atoms with Gasteiger partial charge in [0.2, 0.25) is 0 Å². The van der Waals surface area contributed by atoms with Crippen molar-refractivity contribution >= 4 is 0 Å². The molecule has 0 amide bonds. The van der Waals surface area contributed by atoms with Crippen LogP contribution in [0.3, 0.4) is 0 Å². The van der Waals surface area contributed by atoms with Gasteiger partial charge in [0.15, 0.2) is 0 Å². The molecule has 3 heteroatoms. The SMILES string of the molecule is CC(C)Cc1nc(Cc2ccccc2)c2c(c1O)COC2. The maximum absolute atomic E-state index is 10.4. The maximum Gasteiger partial charge on any atom is 0.142 e. The predicted octanol–water partition coefficient (Wildman–Crippen LogP) is 3.61. The average Bonchev–Trinajstić information content (AvgIpc) is 2.94. The van der Waals surface area contributed by atoms with E-state index >= 15 is 0 Å². The van der Waals surface area contributed by atoms with Crippen LogP contribution in [0.2, 0.25) is 0 Å². The van der Waals surface area contributed by atoms with Gasteiger partial charge in [-0.2, -0.15) is 0 Å². The molecule has 21 heavy (non-hydrogen) atoms. The van der Waals surface area contributed by atoms with Crippen LogP contribution in [-0.4, -0.2) is 10.1 Å². The minimum atomic E-state index is 0.341. The van der Waals surface area contributed by atoms with Gasteiger partial charge >= 0.3 is 0 Å². The third-order valence-corrected chi connectivity index (χ3v) is 3.85. The van der Waals surface area contributed by atoms with E-state index in [9.17, 15) is 5.11 Å². The van der Waals surface area contributed by atoms with Gasteiger partial charge in [-0.3, -0.25) is 4.98 Å². The van der Waals surface area contributed by atoms with Gasteiger partial charge in [-0.1, -0.05) is 44.2 Å². The molecule has 0 spiro atoms. The van der Waals surface area contributed by atoms with Crippen molar-refractivity contribution in [2.45, 2.75) is 39.9 Å². The summed E-state index contributed by atoms with van der Waals surface area (Å²) < 4.78 is 5.53. The van der Waals surface area contributed by atoms with E-state index in [0.29, 0.717) is 24.9 Å². The van der Waals surface area contributed by atoms with E-state index in [0.717, 1.165) is 35.4 Å². The zero-order chi connectivity index (χ0) is 14.8. The van der Waals surface area contributed by atoms with E-state index in [1.165, 1.54) is 5.56 Å². The summed E-state index contributed by atoms with van der Waals surface area (Å²) in [6.45, 7) is 5.33. The predicted molar refractivity (Wildman–Crippen MR) is 82.2 cm³/mol. The van der Waals surface area contributed by atoms with Crippen molar-refractivity contribution in [2.24, 2.45) is 5.92 Å². The number of nitrogens with zero attached hydrogens (tertiary/aromatic N) is 1. The number of aromatic hydroxyl groups is 1. The van der Waals surface area contributed by atoms with Gasteiger partial charge in [0.05, 0.1) is 24.6 Å². The summed E-state index contributed by atoms with van der Waals surface area (Å²) >= 11 is 0. The third kappa shape index (κ3) is 2.93. The molecule has 0 saturated carbocycles. The van der Waals surface area contributed by atoms with Gasteiger partial charge in [0, 0.05) is 17.5 Å². The molecule has 0 unspecified atom stereocenters. The molecule has 0 fully saturated rings. The van der Waals surface area contributed by atoms with Gasteiger partial charge in [-0.15, -0.1) is 0 Å². The second kappa shape index (κ2) is 5.86. The summed E-state index contributed by atoms with van der Waals surface area (Å²) in [6.07, 6.45) is 1.58. The normalized spacial score (nSPS) is 13.7. The van der Waals surface area contributed by atoms with Crippen LogP contribution in [-0.2, 0) is 30.8 Å². The van der Waals surface area contributed by atoms with Crippen LogP contribution in [0.15, 0.2) is 30.3 Å². The Hall–Kier alpha value is -1.87. The molecular formula is C18H21NO2. The van der Waals surface area contributed by atoms with Crippen LogP contribution in [0.1, 0.15) is 41.9 Å². The van der Waals surface area contributed by atoms with Crippen molar-refractivity contribution in [2.75, 3.05) is 0 Å². The first-order valence-electron chi connectivity index (χ1n) is 7.49. The van der Waals surface area contributed by atoms with E-state index in [1.54, 1.807) is 0 Å². The minimum absolute atomic E-state index is 0.341. The summed E-state index contributed by atoms with van der Waals surface area (Å²) in [6, 6.07) is 10.3. The molecule has 0 saturated heterocycles. The molecule has 1 N–H and O–H groups in total. The Morgan fingerprint density at radius 2 is 1.81 bits per heavy atom. The molecule has 0 aliphatic carbocycles. The fourth-order valence-corrected chi connectivity index (χ4v) is 2.82. The first-order valence-corrected chi connectivity index (χ1v) is 7.49. The summed E-state index contributed by atoms with van der Waals surface area (Å²) in [5.74, 6) is 0.807. The van der Waals surface area contributed by atoms with Crippen LogP contribution >= 0.6 is 0 Å². The number of hydrogen-bond donors (Lipinski definition) is 1. The molecule has 2 heterocycles. The molecule has 0 atom stereocenters. The number of hydrogen-bond acceptors (Lipinski definition) is 3. The Morgan fingerprint density at radius 1 is 1.10 bits per heavy atom. The Bertz CT molecular complexity index is 635. The van der Waals surface area contributed by atoms with E-state index in [4.69, 9.17) is 9.72 Å². The Kier molecular flexibility index (Phi) is 3.93. The quantitative estimate of drug-likeness (QED) is 0.932. The number of benzene rings is 1. The topological polar surface area (TPSA) is 42.4 Å². The molecule has 1 aromatic heterocycles. The molecule has 0 bridgehead atoms. The lowest BCUT2D eigenvalue weighted by Gasteiger charge is -2.14. The summed E-state index contributed by atoms with van der Waals surface area (Å²) in [5, 5.41) is 10.4. The Balaban J connectivity index is 2.01. The third-order valence-electron chi connectivity index (χ3n) is 3.85. The van der Waals surface area contributed by atoms with Crippen LogP contribution in [0.5, 0.6) is 5.75 Å². The van der Waals surface area contributed by atoms with Gasteiger partial charge in [0.25, 0.3) is 0 Å². The van der Waals surface area contributed by atoms with E-state index < -0.39 is 0 Å². The van der Waals surface area contributed by atoms with Gasteiger partial charge in [0.1, 0.15) is 5.75 Å². The second-order valence-electron chi connectivity index (χ2n) is 6.06. The van der Waals surface area contributed by atoms with Gasteiger partial charge in [-0.25, -0.2) is 0 Å². The number of rotatable bonds is 4. The summed E-state index contributed by atoms with van der Waals surface area (Å²) in [7, 11) is 0. The standard InChI is InChI=1S/C18H21NO2/c1-12(2)8-17-18(20)15-11-21-10-14(15)16(19-17)9-13-6-4-3-5-7-13/h3-7,12,20H,8-11H2,1-2H3. The van der Waals surface area contributed by atoms with E-state index in [2.05, 4.69) is 26.0 Å². The highest BCUT2D eigenvalue weighted by Gasteiger charge is 2.24. The molecule has 1 aliphatic rings. The van der Waals surface area contributed by atoms with Crippen LogP contribution in [0.25, 0.3) is 0 Å². The van der Waals surface area contributed by atoms with Crippen molar-refractivity contribution < 1.29 is 9.84 Å². The largest absolute Gasteiger partial charge is 0.506 e. The van der Waals surface area contributed by atoms with Crippen LogP contribution in [0.4, 0.5) is 0 Å². The zero-order valence-corrected chi connectivity index (χ0v) is 12.6. The van der Waals surface area contributed by atoms with E-state index in [1.807, 2.05) is 18.2 Å². The molecule has 3 rings (SSSR count). The average molecular weight is 283 g/mol. The lowest BCUT2D eigenvalue weighted by atomic mass is 9.98. The highest BCUT2D eigenvalue weighted by Crippen LogP contribution is 2.34. The lowest BCUT2D eigenvalue weighted by Crippen LogP contribution is -2.06. The molecule has 3 nitrogen and oxygen atoms in total. The van der Waals surface area contributed by atoms with Crippen molar-refractivity contribution in [1.82, 2.24) is 4.98 Å². The number of pyridine rings is 1. The molecular weight excluding hydrogens is 262 g/mol. The smallest absolute Gasteiger partial charge is 0.142 e. The van der Waals surface area contributed by atoms with Crippen molar-refractivity contribution in [1.29, 1.82) is 0 Å². The molecule has 1 aliphatic heterocycles. The number of ether oxygens (including phenoxy) is 1. The minimum Gasteiger partial charge on any atom is -0.506 e. The second-order valence-corrected chi connectivity index (χ2v) is 6.06. The molecule has 1 aromatic carbocycles. The summed E-state index contributed by atoms with van der Waals surface area (Å²) in [4.78, 5) is 4.75. The lowest BCUT2D eigenvalue weighted by molar-refractivity contribution is 0.133. The summed E-state index contributed by atoms with van der Waals surface area (Å²) in [5.41, 5.74) is 5.10. The van der Waals surface area contributed by atoms with Gasteiger partial charge in [-0.05, 0) is 17.9 Å². The Labute approximate surface area is 125 Å². The highest BCUT2D eigenvalue weighted by molar-refractivity contribution is 5.47. The molecule has 0 radical (unpaired) electrons. The van der Waals surface area contributed by atoms with Crippen molar-refractivity contribution in [3.63, 3.8) is 0 Å².